The molecule has 1 atom stereocenters. The number of hydrogen-bond acceptors (Lipinski definition) is 3. The summed E-state index contributed by atoms with van der Waals surface area (Å²) in [6.45, 7) is 5.75. The van der Waals surface area contributed by atoms with Crippen LogP contribution in [0.5, 0.6) is 0 Å². The molecule has 1 aliphatic heterocycles. The second-order valence-electron chi connectivity index (χ2n) is 3.83. The summed E-state index contributed by atoms with van der Waals surface area (Å²) in [6, 6.07) is 0. The highest BCUT2D eigenvalue weighted by Crippen LogP contribution is 2.14. The molecule has 1 N–H and O–H groups in total. The number of rotatable bonds is 1. The first-order valence-corrected chi connectivity index (χ1v) is 3.91. The molecular formula is C8H13NO3. The molecule has 0 aromatic rings. The van der Waals surface area contributed by atoms with Gasteiger partial charge in [-0.2, -0.15) is 0 Å². The van der Waals surface area contributed by atoms with Crippen molar-refractivity contribution >= 4 is 11.9 Å². The summed E-state index contributed by atoms with van der Waals surface area (Å²) in [7, 11) is 0. The van der Waals surface area contributed by atoms with Gasteiger partial charge in [0, 0.05) is 6.54 Å². The highest BCUT2D eigenvalue weighted by Gasteiger charge is 2.37. The van der Waals surface area contributed by atoms with Gasteiger partial charge in [-0.05, 0) is 20.8 Å². The Balaban J connectivity index is 2.44. The van der Waals surface area contributed by atoms with E-state index in [1.54, 1.807) is 20.8 Å². The summed E-state index contributed by atoms with van der Waals surface area (Å²) in [5.74, 6) is -1.24. The molecule has 1 fully saturated rings. The van der Waals surface area contributed by atoms with Gasteiger partial charge in [-0.3, -0.25) is 9.59 Å². The van der Waals surface area contributed by atoms with Gasteiger partial charge in [0.25, 0.3) is 0 Å². The molecule has 0 aliphatic carbocycles. The molecule has 1 heterocycles. The lowest BCUT2D eigenvalue weighted by Crippen LogP contribution is -2.53. The Kier molecular flexibility index (Phi) is 2.08. The molecule has 0 spiro atoms. The lowest BCUT2D eigenvalue weighted by molar-refractivity contribution is -0.165. The third-order valence-corrected chi connectivity index (χ3v) is 1.49. The minimum Gasteiger partial charge on any atom is -0.459 e. The van der Waals surface area contributed by atoms with Crippen LogP contribution in [-0.2, 0) is 14.3 Å². The standard InChI is InChI=1S/C8H13NO3/c1-8(2,3)12-7(11)5-4-9-6(5)10/h5H,4H2,1-3H3,(H,9,10). The molecule has 4 nitrogen and oxygen atoms in total. The van der Waals surface area contributed by atoms with Crippen molar-refractivity contribution in [3.63, 3.8) is 0 Å². The maximum absolute atomic E-state index is 11.2. The summed E-state index contributed by atoms with van der Waals surface area (Å²) >= 11 is 0. The van der Waals surface area contributed by atoms with E-state index in [9.17, 15) is 9.59 Å². The van der Waals surface area contributed by atoms with Gasteiger partial charge in [0.2, 0.25) is 5.91 Å². The molecule has 0 bridgehead atoms. The number of ether oxygens (including phenoxy) is 1. The molecule has 0 radical (unpaired) electrons. The summed E-state index contributed by atoms with van der Waals surface area (Å²) < 4.78 is 5.01. The Morgan fingerprint density at radius 2 is 2.17 bits per heavy atom. The first-order valence-electron chi connectivity index (χ1n) is 3.91. The van der Waals surface area contributed by atoms with Crippen molar-refractivity contribution in [2.75, 3.05) is 6.54 Å². The highest BCUT2D eigenvalue weighted by atomic mass is 16.6. The average molecular weight is 171 g/mol. The van der Waals surface area contributed by atoms with E-state index in [0.717, 1.165) is 0 Å². The van der Waals surface area contributed by atoms with Crippen molar-refractivity contribution < 1.29 is 14.3 Å². The second kappa shape index (κ2) is 2.77. The molecule has 0 aromatic heterocycles. The van der Waals surface area contributed by atoms with Crippen LogP contribution in [0, 0.1) is 5.92 Å². The summed E-state index contributed by atoms with van der Waals surface area (Å²) in [5.41, 5.74) is -0.507. The van der Waals surface area contributed by atoms with E-state index in [-0.39, 0.29) is 5.91 Å². The number of carbonyl (C=O) groups is 2. The van der Waals surface area contributed by atoms with Crippen molar-refractivity contribution in [3.05, 3.63) is 0 Å². The van der Waals surface area contributed by atoms with E-state index in [0.29, 0.717) is 6.54 Å². The largest absolute Gasteiger partial charge is 0.459 e. The highest BCUT2D eigenvalue weighted by molar-refractivity contribution is 6.02. The first-order chi connectivity index (χ1) is 5.40. The average Bonchev–Trinajstić information content (AvgIpc) is 1.79. The van der Waals surface area contributed by atoms with Crippen molar-refractivity contribution in [1.29, 1.82) is 0 Å². The first kappa shape index (κ1) is 9.03. The zero-order chi connectivity index (χ0) is 9.35. The van der Waals surface area contributed by atoms with E-state index >= 15 is 0 Å². The van der Waals surface area contributed by atoms with E-state index in [2.05, 4.69) is 5.32 Å². The van der Waals surface area contributed by atoms with Crippen molar-refractivity contribution in [1.82, 2.24) is 5.32 Å². The van der Waals surface area contributed by atoms with Gasteiger partial charge in [-0.15, -0.1) is 0 Å². The smallest absolute Gasteiger partial charge is 0.320 e. The minimum absolute atomic E-state index is 0.232. The quantitative estimate of drug-likeness (QED) is 0.345. The van der Waals surface area contributed by atoms with Gasteiger partial charge < -0.3 is 10.1 Å². The number of amides is 1. The van der Waals surface area contributed by atoms with Gasteiger partial charge in [0.15, 0.2) is 5.92 Å². The molecule has 0 saturated carbocycles. The Morgan fingerprint density at radius 3 is 2.42 bits per heavy atom. The molecular weight excluding hydrogens is 158 g/mol. The van der Waals surface area contributed by atoms with Crippen molar-refractivity contribution in [2.45, 2.75) is 26.4 Å². The van der Waals surface area contributed by atoms with E-state index < -0.39 is 17.5 Å². The predicted octanol–water partition coefficient (Wildman–Crippen LogP) is 0.0741. The van der Waals surface area contributed by atoms with Crippen LogP contribution in [-0.4, -0.2) is 24.0 Å². The van der Waals surface area contributed by atoms with Gasteiger partial charge in [-0.25, -0.2) is 0 Å². The Morgan fingerprint density at radius 1 is 1.58 bits per heavy atom. The second-order valence-corrected chi connectivity index (χ2v) is 3.83. The van der Waals surface area contributed by atoms with E-state index in [1.165, 1.54) is 0 Å². The van der Waals surface area contributed by atoms with Crippen LogP contribution in [0.15, 0.2) is 0 Å². The Bertz CT molecular complexity index is 217. The molecule has 1 unspecified atom stereocenters. The summed E-state index contributed by atoms with van der Waals surface area (Å²) in [6.07, 6.45) is 0. The van der Waals surface area contributed by atoms with Crippen LogP contribution in [0.25, 0.3) is 0 Å². The fraction of sp³-hybridized carbons (Fsp3) is 0.750. The summed E-state index contributed by atoms with van der Waals surface area (Å²) in [4.78, 5) is 21.9. The fourth-order valence-corrected chi connectivity index (χ4v) is 0.851. The van der Waals surface area contributed by atoms with E-state index in [1.807, 2.05) is 0 Å². The van der Waals surface area contributed by atoms with Crippen LogP contribution in [0.2, 0.25) is 0 Å². The molecule has 0 aromatic carbocycles. The zero-order valence-electron chi connectivity index (χ0n) is 7.51. The topological polar surface area (TPSA) is 55.4 Å². The molecule has 68 valence electrons. The van der Waals surface area contributed by atoms with Gasteiger partial charge >= 0.3 is 5.97 Å². The fourth-order valence-electron chi connectivity index (χ4n) is 0.851. The third-order valence-electron chi connectivity index (χ3n) is 1.49. The molecule has 1 saturated heterocycles. The van der Waals surface area contributed by atoms with E-state index in [4.69, 9.17) is 4.74 Å². The normalized spacial score (nSPS) is 22.6. The van der Waals surface area contributed by atoms with Crippen molar-refractivity contribution in [2.24, 2.45) is 5.92 Å². The minimum atomic E-state index is -0.579. The predicted molar refractivity (Wildman–Crippen MR) is 42.3 cm³/mol. The molecule has 1 aliphatic rings. The number of β-lactam (4-membered cyclic amide) rings is 1. The lowest BCUT2D eigenvalue weighted by Gasteiger charge is -2.28. The SMILES string of the molecule is CC(C)(C)OC(=O)C1CNC1=O. The monoisotopic (exact) mass is 171 g/mol. The lowest BCUT2D eigenvalue weighted by atomic mass is 10.0. The van der Waals surface area contributed by atoms with Crippen molar-refractivity contribution in [3.8, 4) is 0 Å². The molecule has 1 amide bonds. The Labute approximate surface area is 71.3 Å². The number of hydrogen-bond donors (Lipinski definition) is 1. The van der Waals surface area contributed by atoms with Crippen LogP contribution in [0.1, 0.15) is 20.8 Å². The van der Waals surface area contributed by atoms with Gasteiger partial charge in [0.05, 0.1) is 0 Å². The molecule has 1 rings (SSSR count). The summed E-state index contributed by atoms with van der Waals surface area (Å²) in [5, 5.41) is 2.49. The van der Waals surface area contributed by atoms with Crippen LogP contribution in [0.4, 0.5) is 0 Å². The van der Waals surface area contributed by atoms with Crippen LogP contribution >= 0.6 is 0 Å². The maximum atomic E-state index is 11.2. The molecule has 4 heteroatoms. The Hall–Kier alpha value is -1.06. The number of carbonyl (C=O) groups excluding carboxylic acids is 2. The number of esters is 1. The number of nitrogens with one attached hydrogen (secondary N) is 1. The van der Waals surface area contributed by atoms with Gasteiger partial charge in [0.1, 0.15) is 5.60 Å². The van der Waals surface area contributed by atoms with Crippen LogP contribution in [0.3, 0.4) is 0 Å². The van der Waals surface area contributed by atoms with Gasteiger partial charge in [-0.1, -0.05) is 0 Å². The molecule has 12 heavy (non-hydrogen) atoms. The van der Waals surface area contributed by atoms with Crippen LogP contribution < -0.4 is 5.32 Å². The zero-order valence-corrected chi connectivity index (χ0v) is 7.51. The third kappa shape index (κ3) is 1.96. The maximum Gasteiger partial charge on any atom is 0.320 e.